The van der Waals surface area contributed by atoms with Gasteiger partial charge in [0.2, 0.25) is 0 Å². The molecule has 0 aromatic heterocycles. The quantitative estimate of drug-likeness (QED) is 0.700. The van der Waals surface area contributed by atoms with E-state index in [0.717, 1.165) is 50.5 Å². The molecule has 0 amide bonds. The predicted octanol–water partition coefficient (Wildman–Crippen LogP) is 4.83. The molecule has 2 aliphatic rings. The van der Waals surface area contributed by atoms with E-state index < -0.39 is 0 Å². The van der Waals surface area contributed by atoms with Gasteiger partial charge >= 0.3 is 0 Å². The average molecular weight is 391 g/mol. The minimum absolute atomic E-state index is 0.00750. The Balaban J connectivity index is 2.12. The number of rotatable bonds is 7. The lowest BCUT2D eigenvalue weighted by molar-refractivity contribution is -0.0930. The van der Waals surface area contributed by atoms with Crippen molar-refractivity contribution in [1.82, 2.24) is 0 Å². The fourth-order valence-corrected chi connectivity index (χ4v) is 6.42. The molecular weight excluding hydrogens is 352 g/mol. The first-order chi connectivity index (χ1) is 13.4. The molecule has 6 atom stereocenters. The lowest BCUT2D eigenvalue weighted by Gasteiger charge is -2.56. The summed E-state index contributed by atoms with van der Waals surface area (Å²) < 4.78 is 11.4. The summed E-state index contributed by atoms with van der Waals surface area (Å²) in [7, 11) is 3.39. The van der Waals surface area contributed by atoms with Gasteiger partial charge in [-0.15, -0.1) is 0 Å². The standard InChI is InChI=1S/C24H38O4/c1-6-8-19(25)17-13-18-15(3)12-16-9-10-20(27-4)23(26)22(16)24(18,11-7-2)14-21(17)28-5/h9-10,15,17-19,21,25-26H,6-8,11-14H2,1-5H3/t15?,17?,18?,19?,21?,24-/m0/s1. The Morgan fingerprint density at radius 3 is 2.57 bits per heavy atom. The summed E-state index contributed by atoms with van der Waals surface area (Å²) in [5.74, 6) is 1.98. The van der Waals surface area contributed by atoms with E-state index in [1.54, 1.807) is 14.2 Å². The summed E-state index contributed by atoms with van der Waals surface area (Å²) >= 11 is 0. The summed E-state index contributed by atoms with van der Waals surface area (Å²) in [4.78, 5) is 0. The Labute approximate surface area is 170 Å². The van der Waals surface area contributed by atoms with Crippen LogP contribution in [-0.2, 0) is 16.6 Å². The van der Waals surface area contributed by atoms with E-state index in [1.807, 2.05) is 6.07 Å². The molecule has 158 valence electrons. The van der Waals surface area contributed by atoms with Crippen molar-refractivity contribution in [3.05, 3.63) is 23.3 Å². The van der Waals surface area contributed by atoms with Gasteiger partial charge in [-0.25, -0.2) is 0 Å². The Kier molecular flexibility index (Phi) is 6.61. The van der Waals surface area contributed by atoms with Crippen LogP contribution in [-0.4, -0.2) is 36.6 Å². The molecule has 0 radical (unpaired) electrons. The number of benzene rings is 1. The normalized spacial score (nSPS) is 33.1. The smallest absolute Gasteiger partial charge is 0.161 e. The van der Waals surface area contributed by atoms with Crippen molar-refractivity contribution in [2.75, 3.05) is 14.2 Å². The van der Waals surface area contributed by atoms with E-state index in [-0.39, 0.29) is 23.5 Å². The van der Waals surface area contributed by atoms with E-state index in [9.17, 15) is 10.2 Å². The molecule has 28 heavy (non-hydrogen) atoms. The Morgan fingerprint density at radius 1 is 1.21 bits per heavy atom. The van der Waals surface area contributed by atoms with Crippen molar-refractivity contribution in [3.63, 3.8) is 0 Å². The van der Waals surface area contributed by atoms with Gasteiger partial charge in [0, 0.05) is 24.0 Å². The first kappa shape index (κ1) is 21.4. The fraction of sp³-hybridized carbons (Fsp3) is 0.750. The minimum atomic E-state index is -0.318. The molecule has 0 saturated heterocycles. The van der Waals surface area contributed by atoms with Crippen LogP contribution >= 0.6 is 0 Å². The zero-order valence-corrected chi connectivity index (χ0v) is 18.2. The van der Waals surface area contributed by atoms with Crippen LogP contribution in [0.3, 0.4) is 0 Å². The maximum Gasteiger partial charge on any atom is 0.161 e. The number of hydrogen-bond acceptors (Lipinski definition) is 4. The topological polar surface area (TPSA) is 58.9 Å². The molecule has 2 N–H and O–H groups in total. The van der Waals surface area contributed by atoms with Crippen LogP contribution in [0.2, 0.25) is 0 Å². The highest BCUT2D eigenvalue weighted by atomic mass is 16.5. The van der Waals surface area contributed by atoms with Crippen LogP contribution in [0.5, 0.6) is 11.5 Å². The average Bonchev–Trinajstić information content (AvgIpc) is 2.67. The van der Waals surface area contributed by atoms with Crippen molar-refractivity contribution in [2.24, 2.45) is 17.8 Å². The number of ether oxygens (including phenoxy) is 2. The van der Waals surface area contributed by atoms with Crippen molar-refractivity contribution in [3.8, 4) is 11.5 Å². The molecule has 4 nitrogen and oxygen atoms in total. The van der Waals surface area contributed by atoms with E-state index in [4.69, 9.17) is 9.47 Å². The molecule has 3 rings (SSSR count). The van der Waals surface area contributed by atoms with Crippen molar-refractivity contribution >= 4 is 0 Å². The van der Waals surface area contributed by atoms with Gasteiger partial charge < -0.3 is 19.7 Å². The number of aliphatic hydroxyl groups is 1. The molecule has 0 heterocycles. The van der Waals surface area contributed by atoms with Crippen molar-refractivity contribution in [1.29, 1.82) is 0 Å². The van der Waals surface area contributed by atoms with E-state index in [1.165, 1.54) is 5.56 Å². The van der Waals surface area contributed by atoms with Crippen LogP contribution in [0.15, 0.2) is 12.1 Å². The molecule has 2 aliphatic carbocycles. The van der Waals surface area contributed by atoms with Gasteiger partial charge in [-0.3, -0.25) is 0 Å². The maximum atomic E-state index is 11.2. The second-order valence-electron chi connectivity index (χ2n) is 9.08. The van der Waals surface area contributed by atoms with Gasteiger partial charge in [0.1, 0.15) is 0 Å². The van der Waals surface area contributed by atoms with Crippen molar-refractivity contribution in [2.45, 2.75) is 83.3 Å². The predicted molar refractivity (Wildman–Crippen MR) is 112 cm³/mol. The molecule has 1 fully saturated rings. The van der Waals surface area contributed by atoms with Crippen LogP contribution < -0.4 is 4.74 Å². The third-order valence-corrected chi connectivity index (χ3v) is 7.53. The molecule has 0 bridgehead atoms. The van der Waals surface area contributed by atoms with Gasteiger partial charge in [0.05, 0.1) is 19.3 Å². The number of aliphatic hydroxyl groups excluding tert-OH is 1. The molecule has 1 saturated carbocycles. The summed E-state index contributed by atoms with van der Waals surface area (Å²) in [6.07, 6.45) is 6.34. The molecule has 0 aliphatic heterocycles. The Hall–Kier alpha value is -1.26. The number of phenols is 1. The maximum absolute atomic E-state index is 11.2. The summed E-state index contributed by atoms with van der Waals surface area (Å²) in [6, 6.07) is 4.03. The van der Waals surface area contributed by atoms with Gasteiger partial charge in [-0.2, -0.15) is 0 Å². The second-order valence-corrected chi connectivity index (χ2v) is 9.08. The number of phenolic OH excluding ortho intramolecular Hbond substituents is 1. The highest BCUT2D eigenvalue weighted by molar-refractivity contribution is 5.55. The SMILES string of the molecule is CCCC(O)C1CC2C(C)Cc3ccc(OC)c(O)c3[C@@]2(CCC)CC1OC. The minimum Gasteiger partial charge on any atom is -0.504 e. The number of hydrogen-bond donors (Lipinski definition) is 2. The zero-order valence-electron chi connectivity index (χ0n) is 18.2. The molecule has 4 heteroatoms. The van der Waals surface area contributed by atoms with Gasteiger partial charge in [-0.05, 0) is 55.6 Å². The summed E-state index contributed by atoms with van der Waals surface area (Å²) in [5, 5.41) is 22.0. The summed E-state index contributed by atoms with van der Waals surface area (Å²) in [5.41, 5.74) is 2.21. The highest BCUT2D eigenvalue weighted by Gasteiger charge is 2.55. The second kappa shape index (κ2) is 8.62. The molecule has 5 unspecified atom stereocenters. The third kappa shape index (κ3) is 3.43. The van der Waals surface area contributed by atoms with Crippen LogP contribution in [0.25, 0.3) is 0 Å². The molecule has 1 aromatic carbocycles. The van der Waals surface area contributed by atoms with Gasteiger partial charge in [-0.1, -0.05) is 39.7 Å². The molecule has 1 aromatic rings. The lowest BCUT2D eigenvalue weighted by atomic mass is 9.50. The number of methoxy groups -OCH3 is 2. The first-order valence-electron chi connectivity index (χ1n) is 11.0. The van der Waals surface area contributed by atoms with Crippen LogP contribution in [0.4, 0.5) is 0 Å². The Bertz CT molecular complexity index is 673. The molecule has 0 spiro atoms. The largest absolute Gasteiger partial charge is 0.504 e. The number of aromatic hydroxyl groups is 1. The fourth-order valence-electron chi connectivity index (χ4n) is 6.42. The van der Waals surface area contributed by atoms with Gasteiger partial charge in [0.15, 0.2) is 11.5 Å². The lowest BCUT2D eigenvalue weighted by Crippen LogP contribution is -2.54. The van der Waals surface area contributed by atoms with E-state index >= 15 is 0 Å². The highest BCUT2D eigenvalue weighted by Crippen LogP contribution is 2.60. The monoisotopic (exact) mass is 390 g/mol. The van der Waals surface area contributed by atoms with Crippen molar-refractivity contribution < 1.29 is 19.7 Å². The van der Waals surface area contributed by atoms with Crippen LogP contribution in [0, 0.1) is 17.8 Å². The third-order valence-electron chi connectivity index (χ3n) is 7.53. The molecular formula is C24H38O4. The summed E-state index contributed by atoms with van der Waals surface area (Å²) in [6.45, 7) is 6.69. The van der Waals surface area contributed by atoms with E-state index in [2.05, 4.69) is 26.8 Å². The van der Waals surface area contributed by atoms with E-state index in [0.29, 0.717) is 23.3 Å². The Morgan fingerprint density at radius 2 is 1.96 bits per heavy atom. The van der Waals surface area contributed by atoms with Gasteiger partial charge in [0.25, 0.3) is 0 Å². The van der Waals surface area contributed by atoms with Crippen LogP contribution in [0.1, 0.15) is 70.4 Å². The zero-order chi connectivity index (χ0) is 20.5. The number of fused-ring (bicyclic) bond motifs is 3. The first-order valence-corrected chi connectivity index (χ1v) is 11.0.